The number of hydrogen-bond acceptors (Lipinski definition) is 7. The summed E-state index contributed by atoms with van der Waals surface area (Å²) in [5.41, 5.74) is 5.38. The molecule has 0 rings (SSSR count). The molecule has 60 heavy (non-hydrogen) atoms. The first-order valence-electron chi connectivity index (χ1n) is 24.1. The summed E-state index contributed by atoms with van der Waals surface area (Å²) in [4.78, 5) is 22.6. The zero-order chi connectivity index (χ0) is 43.7. The Morgan fingerprint density at radius 1 is 0.517 bits per heavy atom. The largest absolute Gasteiger partial charge is 0.472 e. The Bertz CT molecular complexity index is 1190. The molecule has 0 spiro atoms. The van der Waals surface area contributed by atoms with E-state index in [9.17, 15) is 14.3 Å². The number of allylic oxidation sites excluding steroid dienone is 14. The summed E-state index contributed by atoms with van der Waals surface area (Å²) < 4.78 is 33.5. The molecular weight excluding hydrogens is 770 g/mol. The molecule has 0 saturated heterocycles. The van der Waals surface area contributed by atoms with Crippen molar-refractivity contribution in [2.24, 2.45) is 5.73 Å². The second kappa shape index (κ2) is 47.7. The highest BCUT2D eigenvalue weighted by molar-refractivity contribution is 7.47. The van der Waals surface area contributed by atoms with Crippen molar-refractivity contribution >= 4 is 13.8 Å². The van der Waals surface area contributed by atoms with Crippen molar-refractivity contribution in [2.75, 3.05) is 33.0 Å². The molecular formula is C51H90NO7P. The number of nitrogens with two attached hydrogens (primary N) is 1. The quantitative estimate of drug-likeness (QED) is 0.0269. The number of ether oxygens (including phenoxy) is 2. The standard InChI is InChI=1S/C51H90NO7P/c1-3-5-7-9-11-13-15-17-19-21-23-24-25-26-27-28-30-32-34-36-38-40-42-44-51(53)59-50(49-58-60(54,55)57-47-45-52)48-56-46-43-41-39-37-35-33-31-29-22-20-18-16-14-12-10-8-6-4-2/h5,7,11,13,17-20,23-24,26-27,30,32,50H,3-4,6,8-10,12,14-16,21-22,25,28-29,31,33-49,52H2,1-2H3,(H,54,55)/b7-5-,13-11-,19-17-,20-18-,24-23-,27-26-,32-30-. The maximum absolute atomic E-state index is 12.6. The highest BCUT2D eigenvalue weighted by Crippen LogP contribution is 2.43. The molecule has 0 fully saturated rings. The van der Waals surface area contributed by atoms with E-state index in [0.717, 1.165) is 83.5 Å². The molecule has 2 unspecified atom stereocenters. The summed E-state index contributed by atoms with van der Waals surface area (Å²) in [5.74, 6) is -0.357. The van der Waals surface area contributed by atoms with Crippen LogP contribution in [-0.2, 0) is 27.9 Å². The number of hydrogen-bond donors (Lipinski definition) is 2. The van der Waals surface area contributed by atoms with Crippen LogP contribution in [0.15, 0.2) is 85.1 Å². The van der Waals surface area contributed by atoms with Gasteiger partial charge in [0, 0.05) is 19.6 Å². The number of phosphoric ester groups is 1. The van der Waals surface area contributed by atoms with E-state index in [1.807, 2.05) is 0 Å². The average molecular weight is 860 g/mol. The van der Waals surface area contributed by atoms with Crippen molar-refractivity contribution in [3.05, 3.63) is 85.1 Å². The summed E-state index contributed by atoms with van der Waals surface area (Å²) in [6.07, 6.45) is 61.8. The molecule has 0 aromatic rings. The summed E-state index contributed by atoms with van der Waals surface area (Å²) in [7, 11) is -4.29. The third-order valence-electron chi connectivity index (χ3n) is 9.80. The monoisotopic (exact) mass is 860 g/mol. The number of rotatable bonds is 45. The molecule has 346 valence electrons. The number of carbonyl (C=O) groups is 1. The van der Waals surface area contributed by atoms with Gasteiger partial charge in [0.2, 0.25) is 0 Å². The molecule has 0 radical (unpaired) electrons. The average Bonchev–Trinajstić information content (AvgIpc) is 3.24. The van der Waals surface area contributed by atoms with Crippen LogP contribution in [0, 0.1) is 0 Å². The van der Waals surface area contributed by atoms with Gasteiger partial charge in [-0.15, -0.1) is 0 Å². The first kappa shape index (κ1) is 57.7. The molecule has 0 heterocycles. The van der Waals surface area contributed by atoms with Crippen LogP contribution < -0.4 is 5.73 Å². The number of unbranched alkanes of at least 4 members (excludes halogenated alkanes) is 18. The number of carbonyl (C=O) groups excluding carboxylic acids is 1. The summed E-state index contributed by atoms with van der Waals surface area (Å²) in [6, 6.07) is 0. The first-order valence-corrected chi connectivity index (χ1v) is 25.6. The van der Waals surface area contributed by atoms with Gasteiger partial charge < -0.3 is 20.1 Å². The lowest BCUT2D eigenvalue weighted by atomic mass is 10.1. The predicted molar refractivity (Wildman–Crippen MR) is 256 cm³/mol. The van der Waals surface area contributed by atoms with E-state index in [-0.39, 0.29) is 38.8 Å². The van der Waals surface area contributed by atoms with Crippen LogP contribution in [-0.4, -0.2) is 49.9 Å². The van der Waals surface area contributed by atoms with Crippen LogP contribution in [0.3, 0.4) is 0 Å². The van der Waals surface area contributed by atoms with Crippen LogP contribution in [0.25, 0.3) is 0 Å². The van der Waals surface area contributed by atoms with Crippen molar-refractivity contribution in [3.8, 4) is 0 Å². The number of esters is 1. The highest BCUT2D eigenvalue weighted by atomic mass is 31.2. The van der Waals surface area contributed by atoms with Crippen molar-refractivity contribution in [3.63, 3.8) is 0 Å². The lowest BCUT2D eigenvalue weighted by Gasteiger charge is -2.20. The molecule has 0 aliphatic heterocycles. The van der Waals surface area contributed by atoms with Gasteiger partial charge in [-0.25, -0.2) is 4.57 Å². The minimum absolute atomic E-state index is 0.0911. The fourth-order valence-electron chi connectivity index (χ4n) is 6.29. The Hall–Kier alpha value is -2.32. The summed E-state index contributed by atoms with van der Waals surface area (Å²) in [5, 5.41) is 0. The predicted octanol–water partition coefficient (Wildman–Crippen LogP) is 14.9. The van der Waals surface area contributed by atoms with Crippen LogP contribution in [0.4, 0.5) is 0 Å². The molecule has 0 aromatic heterocycles. The van der Waals surface area contributed by atoms with Gasteiger partial charge in [-0.05, 0) is 89.9 Å². The number of phosphoric acid groups is 1. The third kappa shape index (κ3) is 46.7. The highest BCUT2D eigenvalue weighted by Gasteiger charge is 2.25. The zero-order valence-electron chi connectivity index (χ0n) is 38.4. The van der Waals surface area contributed by atoms with Gasteiger partial charge in [0.15, 0.2) is 0 Å². The molecule has 3 N–H and O–H groups in total. The summed E-state index contributed by atoms with van der Waals surface area (Å²) in [6.45, 7) is 4.76. The minimum Gasteiger partial charge on any atom is -0.457 e. The zero-order valence-corrected chi connectivity index (χ0v) is 39.3. The maximum atomic E-state index is 12.6. The molecule has 8 nitrogen and oxygen atoms in total. The normalized spacial score (nSPS) is 14.1. The minimum atomic E-state index is -4.29. The molecule has 0 saturated carbocycles. The van der Waals surface area contributed by atoms with E-state index in [1.54, 1.807) is 0 Å². The van der Waals surface area contributed by atoms with Gasteiger partial charge in [-0.2, -0.15) is 0 Å². The Morgan fingerprint density at radius 3 is 1.42 bits per heavy atom. The Labute approximate surface area is 368 Å². The van der Waals surface area contributed by atoms with Gasteiger partial charge in [0.05, 0.1) is 19.8 Å². The van der Waals surface area contributed by atoms with Crippen LogP contribution in [0.5, 0.6) is 0 Å². The SMILES string of the molecule is CC/C=C\C/C=C\C/C=C\C/C=C\C/C=C\C/C=C\CCCCCCC(=O)OC(COCCCCCCCCCC/C=C\CCCCCCCC)COP(=O)(O)OCCN. The summed E-state index contributed by atoms with van der Waals surface area (Å²) >= 11 is 0. The van der Waals surface area contributed by atoms with Crippen molar-refractivity contribution in [1.29, 1.82) is 0 Å². The third-order valence-corrected chi connectivity index (χ3v) is 10.8. The molecule has 0 bridgehead atoms. The fourth-order valence-corrected chi connectivity index (χ4v) is 7.05. The van der Waals surface area contributed by atoms with Crippen molar-refractivity contribution < 1.29 is 32.8 Å². The fraction of sp³-hybridized carbons (Fsp3) is 0.706. The molecule has 2 atom stereocenters. The molecule has 9 heteroatoms. The Morgan fingerprint density at radius 2 is 0.933 bits per heavy atom. The topological polar surface area (TPSA) is 117 Å². The van der Waals surface area contributed by atoms with Gasteiger partial charge >= 0.3 is 13.8 Å². The maximum Gasteiger partial charge on any atom is 0.472 e. The Balaban J connectivity index is 4.07. The van der Waals surface area contributed by atoms with Gasteiger partial charge in [0.1, 0.15) is 6.10 Å². The lowest BCUT2D eigenvalue weighted by molar-refractivity contribution is -0.154. The first-order chi connectivity index (χ1) is 29.4. The smallest absolute Gasteiger partial charge is 0.457 e. The van der Waals surface area contributed by atoms with E-state index in [4.69, 9.17) is 24.3 Å². The van der Waals surface area contributed by atoms with Crippen molar-refractivity contribution in [2.45, 2.75) is 200 Å². The molecule has 0 aromatic carbocycles. The van der Waals surface area contributed by atoms with E-state index in [0.29, 0.717) is 6.61 Å². The molecule has 0 aliphatic rings. The molecule has 0 aliphatic carbocycles. The van der Waals surface area contributed by atoms with E-state index in [1.165, 1.54) is 89.9 Å². The molecule has 0 amide bonds. The van der Waals surface area contributed by atoms with Crippen LogP contribution in [0.2, 0.25) is 0 Å². The second-order valence-electron chi connectivity index (χ2n) is 15.6. The van der Waals surface area contributed by atoms with Gasteiger partial charge in [0.25, 0.3) is 0 Å². The Kier molecular flexibility index (Phi) is 45.9. The van der Waals surface area contributed by atoms with E-state index in [2.05, 4.69) is 98.9 Å². The van der Waals surface area contributed by atoms with Crippen molar-refractivity contribution in [1.82, 2.24) is 0 Å². The van der Waals surface area contributed by atoms with Gasteiger partial charge in [-0.1, -0.05) is 182 Å². The van der Waals surface area contributed by atoms with Crippen LogP contribution >= 0.6 is 7.82 Å². The van der Waals surface area contributed by atoms with E-state index >= 15 is 0 Å². The second-order valence-corrected chi connectivity index (χ2v) is 17.0. The van der Waals surface area contributed by atoms with E-state index < -0.39 is 13.9 Å². The lowest BCUT2D eigenvalue weighted by Crippen LogP contribution is -2.28. The van der Waals surface area contributed by atoms with Crippen LogP contribution in [0.1, 0.15) is 194 Å². The van der Waals surface area contributed by atoms with Gasteiger partial charge in [-0.3, -0.25) is 13.8 Å².